The molecule has 1 amide bonds. The average Bonchev–Trinajstić information content (AvgIpc) is 2.93. The highest BCUT2D eigenvalue weighted by Crippen LogP contribution is 2.18. The molecule has 0 spiro atoms. The Morgan fingerprint density at radius 3 is 2.65 bits per heavy atom. The molecule has 1 N–H and O–H groups in total. The van der Waals surface area contributed by atoms with E-state index < -0.39 is 6.10 Å². The second kappa shape index (κ2) is 7.86. The molecule has 0 bridgehead atoms. The van der Waals surface area contributed by atoms with Gasteiger partial charge in [0.25, 0.3) is 5.91 Å². The maximum Gasteiger partial charge on any atom is 0.263 e. The molecular formula is C14H20BrClN2O2. The van der Waals surface area contributed by atoms with Crippen LogP contribution >= 0.6 is 28.3 Å². The second-order valence-corrected chi connectivity index (χ2v) is 5.73. The number of carbonyl (C=O) groups excluding carboxylic acids is 1. The van der Waals surface area contributed by atoms with Crippen molar-refractivity contribution in [2.24, 2.45) is 0 Å². The minimum Gasteiger partial charge on any atom is -0.481 e. The zero-order chi connectivity index (χ0) is 13.8. The normalized spacial score (nSPS) is 19.1. The van der Waals surface area contributed by atoms with Gasteiger partial charge < -0.3 is 15.0 Å². The highest BCUT2D eigenvalue weighted by molar-refractivity contribution is 9.10. The summed E-state index contributed by atoms with van der Waals surface area (Å²) in [5.74, 6) is 0.735. The van der Waals surface area contributed by atoms with Gasteiger partial charge in [-0.15, -0.1) is 12.4 Å². The van der Waals surface area contributed by atoms with Crippen LogP contribution in [0, 0.1) is 0 Å². The van der Waals surface area contributed by atoms with Crippen molar-refractivity contribution in [3.8, 4) is 5.75 Å². The van der Waals surface area contributed by atoms with Crippen molar-refractivity contribution in [1.82, 2.24) is 10.2 Å². The molecule has 0 aliphatic carbocycles. The predicted octanol–water partition coefficient (Wildman–Crippen LogP) is 2.46. The van der Waals surface area contributed by atoms with E-state index >= 15 is 0 Å². The smallest absolute Gasteiger partial charge is 0.263 e. The van der Waals surface area contributed by atoms with Gasteiger partial charge >= 0.3 is 0 Å². The lowest BCUT2D eigenvalue weighted by Crippen LogP contribution is -2.44. The molecule has 2 atom stereocenters. The van der Waals surface area contributed by atoms with Gasteiger partial charge in [-0.25, -0.2) is 0 Å². The fourth-order valence-electron chi connectivity index (χ4n) is 2.20. The molecule has 0 radical (unpaired) electrons. The van der Waals surface area contributed by atoms with Crippen LogP contribution in [0.15, 0.2) is 28.7 Å². The van der Waals surface area contributed by atoms with Crippen molar-refractivity contribution >= 4 is 34.2 Å². The van der Waals surface area contributed by atoms with Crippen LogP contribution in [0.25, 0.3) is 0 Å². The molecule has 1 aromatic carbocycles. The first-order chi connectivity index (χ1) is 9.08. The molecule has 20 heavy (non-hydrogen) atoms. The van der Waals surface area contributed by atoms with Gasteiger partial charge in [-0.2, -0.15) is 0 Å². The first-order valence-electron chi connectivity index (χ1n) is 6.47. The lowest BCUT2D eigenvalue weighted by atomic mass is 10.2. The Bertz CT molecular complexity index is 435. The lowest BCUT2D eigenvalue weighted by Gasteiger charge is -2.27. The first-order valence-corrected chi connectivity index (χ1v) is 7.27. The molecule has 2 rings (SSSR count). The summed E-state index contributed by atoms with van der Waals surface area (Å²) in [5.41, 5.74) is 0. The van der Waals surface area contributed by atoms with Crippen LogP contribution in [0.1, 0.15) is 13.3 Å². The third-order valence-corrected chi connectivity index (χ3v) is 3.93. The Labute approximate surface area is 134 Å². The van der Waals surface area contributed by atoms with Gasteiger partial charge in [0.15, 0.2) is 6.10 Å². The topological polar surface area (TPSA) is 41.6 Å². The number of likely N-dealkylation sites (N-methyl/N-ethyl adjacent to an activating group) is 1. The number of ether oxygens (including phenoxy) is 1. The largest absolute Gasteiger partial charge is 0.481 e. The fourth-order valence-corrected chi connectivity index (χ4v) is 2.47. The monoisotopic (exact) mass is 362 g/mol. The van der Waals surface area contributed by atoms with Crippen molar-refractivity contribution in [1.29, 1.82) is 0 Å². The Kier molecular flexibility index (Phi) is 6.79. The van der Waals surface area contributed by atoms with Crippen molar-refractivity contribution < 1.29 is 9.53 Å². The van der Waals surface area contributed by atoms with Gasteiger partial charge in [0, 0.05) is 24.1 Å². The number of hydrogen-bond acceptors (Lipinski definition) is 3. The van der Waals surface area contributed by atoms with Gasteiger partial charge in [0.05, 0.1) is 0 Å². The summed E-state index contributed by atoms with van der Waals surface area (Å²) in [6, 6.07) is 7.79. The van der Waals surface area contributed by atoms with Crippen LogP contribution in [0.5, 0.6) is 5.75 Å². The van der Waals surface area contributed by atoms with E-state index in [-0.39, 0.29) is 24.4 Å². The predicted molar refractivity (Wildman–Crippen MR) is 85.5 cm³/mol. The number of hydrogen-bond donors (Lipinski definition) is 1. The summed E-state index contributed by atoms with van der Waals surface area (Å²) in [5, 5.41) is 3.26. The molecule has 1 aliphatic rings. The van der Waals surface area contributed by atoms with Crippen molar-refractivity contribution in [2.45, 2.75) is 25.5 Å². The van der Waals surface area contributed by atoms with E-state index in [1.54, 1.807) is 11.8 Å². The van der Waals surface area contributed by atoms with Crippen LogP contribution in [0.4, 0.5) is 0 Å². The second-order valence-electron chi connectivity index (χ2n) is 4.81. The maximum absolute atomic E-state index is 12.3. The number of carbonyl (C=O) groups is 1. The zero-order valence-electron chi connectivity index (χ0n) is 11.6. The lowest BCUT2D eigenvalue weighted by molar-refractivity contribution is -0.138. The minimum absolute atomic E-state index is 0. The van der Waals surface area contributed by atoms with Crippen LogP contribution < -0.4 is 10.1 Å². The van der Waals surface area contributed by atoms with E-state index in [0.29, 0.717) is 5.75 Å². The highest BCUT2D eigenvalue weighted by atomic mass is 79.9. The summed E-state index contributed by atoms with van der Waals surface area (Å²) in [7, 11) is 1.85. The Morgan fingerprint density at radius 1 is 1.45 bits per heavy atom. The molecule has 1 fully saturated rings. The van der Waals surface area contributed by atoms with E-state index in [1.165, 1.54) is 0 Å². The molecule has 1 aliphatic heterocycles. The van der Waals surface area contributed by atoms with Crippen LogP contribution in [0.3, 0.4) is 0 Å². The maximum atomic E-state index is 12.3. The van der Waals surface area contributed by atoms with Gasteiger partial charge in [-0.1, -0.05) is 15.9 Å². The number of benzene rings is 1. The number of rotatable bonds is 4. The average molecular weight is 364 g/mol. The molecule has 0 saturated carbocycles. The summed E-state index contributed by atoms with van der Waals surface area (Å²) in [4.78, 5) is 14.1. The number of nitrogens with zero attached hydrogens (tertiary/aromatic N) is 1. The van der Waals surface area contributed by atoms with Crippen molar-refractivity contribution in [3.63, 3.8) is 0 Å². The molecule has 1 aromatic rings. The minimum atomic E-state index is -0.466. The molecule has 2 unspecified atom stereocenters. The Hall–Kier alpha value is -0.780. The zero-order valence-corrected chi connectivity index (χ0v) is 14.0. The molecule has 112 valence electrons. The van der Waals surface area contributed by atoms with E-state index in [9.17, 15) is 4.79 Å². The van der Waals surface area contributed by atoms with Crippen molar-refractivity contribution in [2.75, 3.05) is 20.1 Å². The SMILES string of the molecule is CC(Oc1ccc(Br)cc1)C(=O)N(C)C1CCNC1.Cl. The highest BCUT2D eigenvalue weighted by Gasteiger charge is 2.27. The van der Waals surface area contributed by atoms with Gasteiger partial charge in [0.1, 0.15) is 5.75 Å². The molecule has 1 saturated heterocycles. The summed E-state index contributed by atoms with van der Waals surface area (Å²) in [6.07, 6.45) is 0.541. The first kappa shape index (κ1) is 17.3. The van der Waals surface area contributed by atoms with Crippen LogP contribution in [0.2, 0.25) is 0 Å². The van der Waals surface area contributed by atoms with Gasteiger partial charge in [0.2, 0.25) is 0 Å². The van der Waals surface area contributed by atoms with Crippen LogP contribution in [-0.4, -0.2) is 43.1 Å². The molecule has 1 heterocycles. The summed E-state index contributed by atoms with van der Waals surface area (Å²) < 4.78 is 6.67. The third kappa shape index (κ3) is 4.36. The number of halogens is 2. The van der Waals surface area contributed by atoms with Gasteiger partial charge in [-0.3, -0.25) is 4.79 Å². The summed E-state index contributed by atoms with van der Waals surface area (Å²) >= 11 is 3.37. The molecular weight excluding hydrogens is 344 g/mol. The molecule has 0 aromatic heterocycles. The van der Waals surface area contributed by atoms with Crippen molar-refractivity contribution in [3.05, 3.63) is 28.7 Å². The van der Waals surface area contributed by atoms with E-state index in [4.69, 9.17) is 4.74 Å². The standard InChI is InChI=1S/C14H19BrN2O2.ClH/c1-10(19-13-5-3-11(15)4-6-13)14(18)17(2)12-7-8-16-9-12;/h3-6,10,12,16H,7-9H2,1-2H3;1H. The Morgan fingerprint density at radius 2 is 2.10 bits per heavy atom. The Balaban J connectivity index is 0.00000200. The molecule has 4 nitrogen and oxygen atoms in total. The third-order valence-electron chi connectivity index (χ3n) is 3.40. The molecule has 6 heteroatoms. The van der Waals surface area contributed by atoms with Crippen LogP contribution in [-0.2, 0) is 4.79 Å². The number of nitrogens with one attached hydrogen (secondary N) is 1. The number of amides is 1. The van der Waals surface area contributed by atoms with Gasteiger partial charge in [-0.05, 0) is 44.2 Å². The van der Waals surface area contributed by atoms with E-state index in [0.717, 1.165) is 24.0 Å². The van der Waals surface area contributed by atoms with E-state index in [2.05, 4.69) is 21.2 Å². The quantitative estimate of drug-likeness (QED) is 0.893. The summed E-state index contributed by atoms with van der Waals surface area (Å²) in [6.45, 7) is 3.64. The fraction of sp³-hybridized carbons (Fsp3) is 0.500. The van der Waals surface area contributed by atoms with E-state index in [1.807, 2.05) is 31.3 Å².